The number of rotatable bonds is 6. The van der Waals surface area contributed by atoms with E-state index in [4.69, 9.17) is 27.9 Å². The predicted octanol–water partition coefficient (Wildman–Crippen LogP) is 4.32. The summed E-state index contributed by atoms with van der Waals surface area (Å²) in [6.07, 6.45) is 1.70. The zero-order chi connectivity index (χ0) is 21.8. The van der Waals surface area contributed by atoms with Gasteiger partial charge in [-0.25, -0.2) is 9.07 Å². The molecule has 1 aliphatic rings. The van der Waals surface area contributed by atoms with Gasteiger partial charge in [0.25, 0.3) is 5.91 Å². The molecule has 0 saturated carbocycles. The van der Waals surface area contributed by atoms with Gasteiger partial charge in [-0.3, -0.25) is 9.69 Å². The van der Waals surface area contributed by atoms with Crippen molar-refractivity contribution >= 4 is 29.1 Å². The van der Waals surface area contributed by atoms with Crippen molar-refractivity contribution in [3.63, 3.8) is 0 Å². The first-order valence-electron chi connectivity index (χ1n) is 9.86. The highest BCUT2D eigenvalue weighted by atomic mass is 35.5. The number of carbonyl (C=O) groups excluding carboxylic acids is 1. The molecule has 1 amide bonds. The number of carbonyl (C=O) groups is 1. The Balaban J connectivity index is 1.30. The highest BCUT2D eigenvalue weighted by molar-refractivity contribution is 6.31. The molecule has 0 spiro atoms. The molecule has 31 heavy (non-hydrogen) atoms. The summed E-state index contributed by atoms with van der Waals surface area (Å²) < 4.78 is 21.2. The quantitative estimate of drug-likeness (QED) is 0.547. The van der Waals surface area contributed by atoms with Crippen LogP contribution in [0.25, 0.3) is 0 Å². The summed E-state index contributed by atoms with van der Waals surface area (Å²) in [6, 6.07) is 13.4. The molecule has 6 nitrogen and oxygen atoms in total. The molecule has 1 aliphatic heterocycles. The Morgan fingerprint density at radius 3 is 2.58 bits per heavy atom. The van der Waals surface area contributed by atoms with Gasteiger partial charge in [0, 0.05) is 54.5 Å². The Morgan fingerprint density at radius 1 is 1.06 bits per heavy atom. The van der Waals surface area contributed by atoms with Crippen LogP contribution in [0.2, 0.25) is 10.0 Å². The highest BCUT2D eigenvalue weighted by Gasteiger charge is 2.24. The van der Waals surface area contributed by atoms with Crippen LogP contribution in [-0.2, 0) is 13.3 Å². The van der Waals surface area contributed by atoms with Crippen LogP contribution < -0.4 is 4.74 Å². The summed E-state index contributed by atoms with van der Waals surface area (Å²) in [4.78, 5) is 16.6. The lowest BCUT2D eigenvalue weighted by atomic mass is 10.1. The number of hydrogen-bond acceptors (Lipinski definition) is 4. The molecular weight excluding hydrogens is 442 g/mol. The van der Waals surface area contributed by atoms with E-state index in [1.807, 2.05) is 0 Å². The van der Waals surface area contributed by atoms with E-state index < -0.39 is 0 Å². The van der Waals surface area contributed by atoms with Crippen molar-refractivity contribution in [2.45, 2.75) is 13.3 Å². The molecule has 0 atom stereocenters. The van der Waals surface area contributed by atoms with E-state index in [-0.39, 0.29) is 18.5 Å². The molecule has 0 bridgehead atoms. The fourth-order valence-corrected chi connectivity index (χ4v) is 3.83. The molecular formula is C22H21Cl2FN4O2. The van der Waals surface area contributed by atoms with Gasteiger partial charge in [0.1, 0.15) is 11.6 Å². The van der Waals surface area contributed by atoms with Gasteiger partial charge in [-0.2, -0.15) is 5.10 Å². The maximum absolute atomic E-state index is 14.0. The summed E-state index contributed by atoms with van der Waals surface area (Å²) in [5.41, 5.74) is 0.850. The average Bonchev–Trinajstić information content (AvgIpc) is 3.24. The zero-order valence-corrected chi connectivity index (χ0v) is 18.2. The van der Waals surface area contributed by atoms with Crippen LogP contribution >= 0.6 is 23.2 Å². The summed E-state index contributed by atoms with van der Waals surface area (Å²) in [5.74, 6) is 0.184. The van der Waals surface area contributed by atoms with Crippen LogP contribution in [0.5, 0.6) is 5.75 Å². The molecule has 0 radical (unpaired) electrons. The Kier molecular flexibility index (Phi) is 6.75. The Morgan fingerprint density at radius 2 is 1.84 bits per heavy atom. The lowest BCUT2D eigenvalue weighted by molar-refractivity contribution is 0.0619. The van der Waals surface area contributed by atoms with Gasteiger partial charge in [0.15, 0.2) is 12.4 Å². The first-order valence-corrected chi connectivity index (χ1v) is 10.6. The minimum Gasteiger partial charge on any atom is -0.471 e. The molecule has 0 unspecified atom stereocenters. The third kappa shape index (κ3) is 5.36. The summed E-state index contributed by atoms with van der Waals surface area (Å²) in [5, 5.41) is 5.33. The van der Waals surface area contributed by atoms with Crippen LogP contribution in [0.15, 0.2) is 54.7 Å². The number of ether oxygens (including phenoxy) is 1. The number of amides is 1. The van der Waals surface area contributed by atoms with E-state index in [0.29, 0.717) is 59.8 Å². The zero-order valence-electron chi connectivity index (χ0n) is 16.7. The molecule has 1 saturated heterocycles. The van der Waals surface area contributed by atoms with Crippen molar-refractivity contribution in [2.24, 2.45) is 0 Å². The van der Waals surface area contributed by atoms with Gasteiger partial charge in [-0.1, -0.05) is 35.3 Å². The van der Waals surface area contributed by atoms with Crippen LogP contribution in [0.3, 0.4) is 0 Å². The smallest absolute Gasteiger partial charge is 0.274 e. The molecule has 3 aromatic rings. The van der Waals surface area contributed by atoms with E-state index in [2.05, 4.69) is 10.00 Å². The third-order valence-corrected chi connectivity index (χ3v) is 5.71. The molecule has 0 N–H and O–H groups in total. The number of nitrogens with zero attached hydrogens (tertiary/aromatic N) is 4. The van der Waals surface area contributed by atoms with E-state index in [0.717, 1.165) is 0 Å². The van der Waals surface area contributed by atoms with Crippen molar-refractivity contribution in [2.75, 3.05) is 26.2 Å². The van der Waals surface area contributed by atoms with Gasteiger partial charge in [-0.15, -0.1) is 0 Å². The molecule has 1 fully saturated rings. The van der Waals surface area contributed by atoms with Crippen LogP contribution in [0, 0.1) is 5.82 Å². The predicted molar refractivity (Wildman–Crippen MR) is 117 cm³/mol. The SMILES string of the molecule is O=C(c1ccn(COc2cccc(Cl)c2)n1)N1CCN(Cc2c(F)cccc2Cl)CC1. The van der Waals surface area contributed by atoms with Gasteiger partial charge >= 0.3 is 0 Å². The second kappa shape index (κ2) is 9.68. The van der Waals surface area contributed by atoms with Crippen LogP contribution in [-0.4, -0.2) is 51.7 Å². The topological polar surface area (TPSA) is 50.6 Å². The number of halogens is 3. The fraction of sp³-hybridized carbons (Fsp3) is 0.273. The first-order chi connectivity index (χ1) is 15.0. The average molecular weight is 463 g/mol. The summed E-state index contributed by atoms with van der Waals surface area (Å²) in [7, 11) is 0. The standard InChI is InChI=1S/C22H21Cl2FN4O2/c23-16-3-1-4-17(13-16)31-15-29-8-7-21(26-29)22(30)28-11-9-27(10-12-28)14-18-19(24)5-2-6-20(18)25/h1-8,13H,9-12,14-15H2. The van der Waals surface area contributed by atoms with Crippen molar-refractivity contribution in [3.8, 4) is 5.75 Å². The van der Waals surface area contributed by atoms with Crippen molar-refractivity contribution < 1.29 is 13.9 Å². The van der Waals surface area contributed by atoms with E-state index >= 15 is 0 Å². The number of aromatic nitrogens is 2. The number of piperazine rings is 1. The third-order valence-electron chi connectivity index (χ3n) is 5.12. The molecule has 0 aliphatic carbocycles. The van der Waals surface area contributed by atoms with Gasteiger partial charge in [0.2, 0.25) is 0 Å². The van der Waals surface area contributed by atoms with Gasteiger partial charge < -0.3 is 9.64 Å². The Labute approximate surface area is 189 Å². The summed E-state index contributed by atoms with van der Waals surface area (Å²) >= 11 is 12.1. The molecule has 2 aromatic carbocycles. The minimum absolute atomic E-state index is 0.134. The highest BCUT2D eigenvalue weighted by Crippen LogP contribution is 2.22. The lowest BCUT2D eigenvalue weighted by Crippen LogP contribution is -2.48. The van der Waals surface area contributed by atoms with Crippen molar-refractivity contribution in [1.82, 2.24) is 19.6 Å². The van der Waals surface area contributed by atoms with Crippen LogP contribution in [0.4, 0.5) is 4.39 Å². The van der Waals surface area contributed by atoms with E-state index in [1.165, 1.54) is 6.07 Å². The molecule has 2 heterocycles. The second-order valence-electron chi connectivity index (χ2n) is 7.24. The molecule has 162 valence electrons. The maximum Gasteiger partial charge on any atom is 0.274 e. The maximum atomic E-state index is 14.0. The fourth-order valence-electron chi connectivity index (χ4n) is 3.42. The van der Waals surface area contributed by atoms with Gasteiger partial charge in [-0.05, 0) is 36.4 Å². The normalized spacial score (nSPS) is 14.6. The monoisotopic (exact) mass is 462 g/mol. The summed E-state index contributed by atoms with van der Waals surface area (Å²) in [6.45, 7) is 2.94. The second-order valence-corrected chi connectivity index (χ2v) is 8.08. The first kappa shape index (κ1) is 21.6. The molecule has 1 aromatic heterocycles. The lowest BCUT2D eigenvalue weighted by Gasteiger charge is -2.34. The van der Waals surface area contributed by atoms with Gasteiger partial charge in [0.05, 0.1) is 0 Å². The minimum atomic E-state index is -0.309. The molecule has 9 heteroatoms. The largest absolute Gasteiger partial charge is 0.471 e. The van der Waals surface area contributed by atoms with Crippen molar-refractivity contribution in [3.05, 3.63) is 81.8 Å². The molecule has 4 rings (SSSR count). The van der Waals surface area contributed by atoms with Crippen LogP contribution in [0.1, 0.15) is 16.1 Å². The Hall–Kier alpha value is -2.61. The van der Waals surface area contributed by atoms with E-state index in [1.54, 1.807) is 58.2 Å². The van der Waals surface area contributed by atoms with Crippen molar-refractivity contribution in [1.29, 1.82) is 0 Å². The van der Waals surface area contributed by atoms with E-state index in [9.17, 15) is 9.18 Å². The Bertz CT molecular complexity index is 1050. The number of benzene rings is 2. The number of hydrogen-bond donors (Lipinski definition) is 0.